The van der Waals surface area contributed by atoms with Crippen molar-refractivity contribution in [2.45, 2.75) is 39.0 Å². The number of hydrogen-bond donors (Lipinski definition) is 0. The van der Waals surface area contributed by atoms with Crippen LogP contribution >= 0.6 is 0 Å². The number of carbonyl (C=O) groups is 4. The van der Waals surface area contributed by atoms with E-state index in [2.05, 4.69) is 0 Å². The fraction of sp³-hybridized carbons (Fsp3) is 0.385. The third-order valence-corrected chi connectivity index (χ3v) is 6.91. The van der Waals surface area contributed by atoms with Crippen LogP contribution in [0, 0.1) is 24.7 Å². The van der Waals surface area contributed by atoms with Crippen molar-refractivity contribution in [1.29, 1.82) is 0 Å². The number of nitrogens with zero attached hydrogens (tertiary/aromatic N) is 2. The summed E-state index contributed by atoms with van der Waals surface area (Å²) in [6.45, 7) is 2.21. The Morgan fingerprint density at radius 3 is 2.27 bits per heavy atom. The first-order valence-corrected chi connectivity index (χ1v) is 11.5. The number of esters is 1. The van der Waals surface area contributed by atoms with Gasteiger partial charge < -0.3 is 9.64 Å². The summed E-state index contributed by atoms with van der Waals surface area (Å²) < 4.78 is 5.58. The fourth-order valence-electron chi connectivity index (χ4n) is 5.21. The van der Waals surface area contributed by atoms with Crippen LogP contribution < -0.4 is 14.5 Å². The molecule has 2 aromatic carbocycles. The van der Waals surface area contributed by atoms with Crippen molar-refractivity contribution in [2.75, 3.05) is 16.3 Å². The van der Waals surface area contributed by atoms with Gasteiger partial charge in [-0.3, -0.25) is 19.2 Å². The van der Waals surface area contributed by atoms with Gasteiger partial charge in [0.1, 0.15) is 5.75 Å². The molecule has 3 unspecified atom stereocenters. The van der Waals surface area contributed by atoms with Crippen LogP contribution in [0.2, 0.25) is 0 Å². The third kappa shape index (κ3) is 3.92. The predicted octanol–water partition coefficient (Wildman–Crippen LogP) is 3.63. The van der Waals surface area contributed by atoms with Crippen molar-refractivity contribution in [3.8, 4) is 5.75 Å². The van der Waals surface area contributed by atoms with Gasteiger partial charge in [0.25, 0.3) is 0 Å². The molecule has 7 heteroatoms. The number of amides is 3. The Morgan fingerprint density at radius 1 is 0.909 bits per heavy atom. The summed E-state index contributed by atoms with van der Waals surface area (Å²) in [5.41, 5.74) is 2.23. The summed E-state index contributed by atoms with van der Waals surface area (Å²) in [4.78, 5) is 53.9. The SMILES string of the molecule is Cc1cccc(N2CC(C(=O)Oc3cccc(N4C(=O)C5CCCCC5C4=O)c3)CC2=O)c1. The molecule has 2 aromatic rings. The lowest BCUT2D eigenvalue weighted by Gasteiger charge is -2.19. The van der Waals surface area contributed by atoms with E-state index in [0.717, 1.165) is 36.9 Å². The van der Waals surface area contributed by atoms with E-state index in [4.69, 9.17) is 4.74 Å². The molecule has 2 heterocycles. The van der Waals surface area contributed by atoms with Gasteiger partial charge in [-0.25, -0.2) is 4.90 Å². The van der Waals surface area contributed by atoms with Crippen LogP contribution in [0.3, 0.4) is 0 Å². The third-order valence-electron chi connectivity index (χ3n) is 6.91. The van der Waals surface area contributed by atoms with Crippen LogP contribution in [-0.4, -0.2) is 30.2 Å². The molecule has 2 saturated heterocycles. The first kappa shape index (κ1) is 21.4. The van der Waals surface area contributed by atoms with Crippen molar-refractivity contribution in [3.63, 3.8) is 0 Å². The van der Waals surface area contributed by atoms with Gasteiger partial charge >= 0.3 is 5.97 Å². The molecule has 1 saturated carbocycles. The van der Waals surface area contributed by atoms with Gasteiger partial charge in [-0.15, -0.1) is 0 Å². The van der Waals surface area contributed by atoms with Crippen LogP contribution in [0.25, 0.3) is 0 Å². The first-order chi connectivity index (χ1) is 15.9. The normalized spacial score (nSPS) is 24.9. The summed E-state index contributed by atoms with van der Waals surface area (Å²) >= 11 is 0. The highest BCUT2D eigenvalue weighted by Crippen LogP contribution is 2.40. The van der Waals surface area contributed by atoms with E-state index in [1.54, 1.807) is 29.2 Å². The average molecular weight is 447 g/mol. The summed E-state index contributed by atoms with van der Waals surface area (Å²) in [6, 6.07) is 14.1. The van der Waals surface area contributed by atoms with Crippen molar-refractivity contribution >= 4 is 35.1 Å². The molecule has 3 amide bonds. The number of hydrogen-bond acceptors (Lipinski definition) is 5. The van der Waals surface area contributed by atoms with Gasteiger partial charge in [-0.1, -0.05) is 31.0 Å². The Kier molecular flexibility index (Phi) is 5.48. The minimum atomic E-state index is -0.584. The number of fused-ring (bicyclic) bond motifs is 1. The van der Waals surface area contributed by atoms with E-state index >= 15 is 0 Å². The molecule has 0 N–H and O–H groups in total. The highest BCUT2D eigenvalue weighted by molar-refractivity contribution is 6.22. The number of carbonyl (C=O) groups excluding carboxylic acids is 4. The lowest BCUT2D eigenvalue weighted by molar-refractivity contribution is -0.139. The molecular formula is C26H26N2O5. The molecule has 170 valence electrons. The molecule has 1 aliphatic carbocycles. The zero-order valence-electron chi connectivity index (χ0n) is 18.5. The molecule has 3 aliphatic rings. The highest BCUT2D eigenvalue weighted by atomic mass is 16.5. The van der Waals surface area contributed by atoms with E-state index in [1.807, 2.05) is 31.2 Å². The van der Waals surface area contributed by atoms with Gasteiger partial charge in [0, 0.05) is 24.7 Å². The van der Waals surface area contributed by atoms with Crippen LogP contribution in [0.15, 0.2) is 48.5 Å². The van der Waals surface area contributed by atoms with E-state index in [1.165, 1.54) is 4.90 Å². The number of ether oxygens (including phenoxy) is 1. The molecule has 33 heavy (non-hydrogen) atoms. The number of aryl methyl sites for hydroxylation is 1. The van der Waals surface area contributed by atoms with Crippen molar-refractivity contribution in [3.05, 3.63) is 54.1 Å². The molecule has 0 bridgehead atoms. The predicted molar refractivity (Wildman–Crippen MR) is 122 cm³/mol. The smallest absolute Gasteiger partial charge is 0.316 e. The van der Waals surface area contributed by atoms with Crippen molar-refractivity contribution in [2.24, 2.45) is 17.8 Å². The Hall–Kier alpha value is -3.48. The molecule has 0 spiro atoms. The summed E-state index contributed by atoms with van der Waals surface area (Å²) in [5, 5.41) is 0. The summed E-state index contributed by atoms with van der Waals surface area (Å²) in [5.74, 6) is -1.75. The van der Waals surface area contributed by atoms with Crippen molar-refractivity contribution in [1.82, 2.24) is 0 Å². The van der Waals surface area contributed by atoms with Gasteiger partial charge in [-0.05, 0) is 49.6 Å². The molecule has 5 rings (SSSR count). The topological polar surface area (TPSA) is 84.0 Å². The Morgan fingerprint density at radius 2 is 1.58 bits per heavy atom. The number of rotatable bonds is 4. The maximum absolute atomic E-state index is 12.9. The van der Waals surface area contributed by atoms with Gasteiger partial charge in [-0.2, -0.15) is 0 Å². The van der Waals surface area contributed by atoms with Crippen LogP contribution in [0.4, 0.5) is 11.4 Å². The van der Waals surface area contributed by atoms with Crippen LogP contribution in [0.1, 0.15) is 37.7 Å². The minimum absolute atomic E-state index is 0.0823. The van der Waals surface area contributed by atoms with Crippen LogP contribution in [-0.2, 0) is 19.2 Å². The number of anilines is 2. The lowest BCUT2D eigenvalue weighted by Crippen LogP contribution is -2.31. The van der Waals surface area contributed by atoms with Gasteiger partial charge in [0.15, 0.2) is 0 Å². The van der Waals surface area contributed by atoms with Crippen molar-refractivity contribution < 1.29 is 23.9 Å². The molecule has 3 fully saturated rings. The van der Waals surface area contributed by atoms with Gasteiger partial charge in [0.2, 0.25) is 17.7 Å². The standard InChI is InChI=1S/C26H26N2O5/c1-16-6-4-7-18(12-16)27-15-17(13-23(27)29)26(32)33-20-9-5-8-19(14-20)28-24(30)21-10-2-3-11-22(21)25(28)31/h4-9,12,14,17,21-22H,2-3,10-11,13,15H2,1H3. The second-order valence-corrected chi connectivity index (χ2v) is 9.17. The average Bonchev–Trinajstić information content (AvgIpc) is 3.32. The second kappa shape index (κ2) is 8.46. The molecule has 0 aromatic heterocycles. The molecule has 3 atom stereocenters. The monoisotopic (exact) mass is 446 g/mol. The Bertz CT molecular complexity index is 1120. The summed E-state index contributed by atoms with van der Waals surface area (Å²) in [7, 11) is 0. The maximum atomic E-state index is 12.9. The first-order valence-electron chi connectivity index (χ1n) is 11.5. The lowest BCUT2D eigenvalue weighted by atomic mass is 9.81. The maximum Gasteiger partial charge on any atom is 0.316 e. The quantitative estimate of drug-likeness (QED) is 0.407. The van der Waals surface area contributed by atoms with E-state index in [9.17, 15) is 19.2 Å². The van der Waals surface area contributed by atoms with E-state index in [-0.39, 0.29) is 48.3 Å². The molecule has 7 nitrogen and oxygen atoms in total. The van der Waals surface area contributed by atoms with Gasteiger partial charge in [0.05, 0.1) is 23.4 Å². The highest BCUT2D eigenvalue weighted by Gasteiger charge is 2.48. The number of imide groups is 1. The molecule has 2 aliphatic heterocycles. The van der Waals surface area contributed by atoms with E-state index < -0.39 is 11.9 Å². The Balaban J connectivity index is 1.29. The zero-order chi connectivity index (χ0) is 23.1. The molecular weight excluding hydrogens is 420 g/mol. The number of benzene rings is 2. The van der Waals surface area contributed by atoms with Crippen LogP contribution in [0.5, 0.6) is 5.75 Å². The second-order valence-electron chi connectivity index (χ2n) is 9.17. The zero-order valence-corrected chi connectivity index (χ0v) is 18.5. The Labute approximate surface area is 192 Å². The largest absolute Gasteiger partial charge is 0.426 e. The molecule has 0 radical (unpaired) electrons. The fourth-order valence-corrected chi connectivity index (χ4v) is 5.21. The minimum Gasteiger partial charge on any atom is -0.426 e. The van der Waals surface area contributed by atoms with E-state index in [0.29, 0.717) is 5.69 Å². The summed E-state index contributed by atoms with van der Waals surface area (Å²) in [6.07, 6.45) is 3.50.